The van der Waals surface area contributed by atoms with E-state index in [0.29, 0.717) is 0 Å². The second-order valence-corrected chi connectivity index (χ2v) is 6.07. The summed E-state index contributed by atoms with van der Waals surface area (Å²) in [5.74, 6) is 0.150. The van der Waals surface area contributed by atoms with E-state index in [0.717, 1.165) is 44.3 Å². The van der Waals surface area contributed by atoms with Gasteiger partial charge in [0.05, 0.1) is 5.54 Å². The van der Waals surface area contributed by atoms with Crippen LogP contribution in [0.25, 0.3) is 0 Å². The Bertz CT molecular complexity index is 510. The summed E-state index contributed by atoms with van der Waals surface area (Å²) >= 11 is 0. The molecule has 1 amide bonds. The van der Waals surface area contributed by atoms with Gasteiger partial charge in [0.25, 0.3) is 0 Å². The average molecular weight is 309 g/mol. The van der Waals surface area contributed by atoms with Gasteiger partial charge in [-0.05, 0) is 68.7 Å². The summed E-state index contributed by atoms with van der Waals surface area (Å²) in [6.45, 7) is 3.05. The first-order valence-electron chi connectivity index (χ1n) is 7.92. The maximum Gasteiger partial charge on any atom is 0.244 e. The van der Waals surface area contributed by atoms with Gasteiger partial charge in [0.15, 0.2) is 0 Å². The van der Waals surface area contributed by atoms with Crippen LogP contribution in [0.15, 0.2) is 18.2 Å². The van der Waals surface area contributed by atoms with Gasteiger partial charge in [-0.1, -0.05) is 19.1 Å². The summed E-state index contributed by atoms with van der Waals surface area (Å²) in [6, 6.07) is 6.33. The second kappa shape index (κ2) is 6.80. The Balaban J connectivity index is 0.00000161. The molecule has 21 heavy (non-hydrogen) atoms. The first-order valence-corrected chi connectivity index (χ1v) is 7.92. The van der Waals surface area contributed by atoms with Crippen LogP contribution in [0.2, 0.25) is 0 Å². The van der Waals surface area contributed by atoms with Crippen LogP contribution in [-0.4, -0.2) is 18.0 Å². The SMILES string of the molecule is CCC1(C(=O)Nc2cccc3c2CCCC3)CCCN1.Cl. The van der Waals surface area contributed by atoms with E-state index >= 15 is 0 Å². The zero-order chi connectivity index (χ0) is 14.0. The number of halogens is 1. The molecule has 0 aromatic heterocycles. The number of nitrogens with one attached hydrogen (secondary N) is 2. The average Bonchev–Trinajstić information content (AvgIpc) is 2.98. The van der Waals surface area contributed by atoms with Gasteiger partial charge in [-0.3, -0.25) is 4.79 Å². The number of rotatable bonds is 3. The molecule has 2 N–H and O–H groups in total. The van der Waals surface area contributed by atoms with Crippen molar-refractivity contribution in [1.29, 1.82) is 0 Å². The summed E-state index contributed by atoms with van der Waals surface area (Å²) in [5, 5.41) is 6.61. The van der Waals surface area contributed by atoms with Crippen LogP contribution >= 0.6 is 12.4 Å². The minimum absolute atomic E-state index is 0. The van der Waals surface area contributed by atoms with Gasteiger partial charge in [0.1, 0.15) is 0 Å². The smallest absolute Gasteiger partial charge is 0.244 e. The lowest BCUT2D eigenvalue weighted by Crippen LogP contribution is -2.50. The molecule has 1 aromatic rings. The van der Waals surface area contributed by atoms with Crippen LogP contribution < -0.4 is 10.6 Å². The van der Waals surface area contributed by atoms with Crippen molar-refractivity contribution >= 4 is 24.0 Å². The van der Waals surface area contributed by atoms with Gasteiger partial charge in [-0.2, -0.15) is 0 Å². The van der Waals surface area contributed by atoms with Crippen molar-refractivity contribution in [3.63, 3.8) is 0 Å². The normalized spacial score (nSPS) is 24.0. The molecule has 0 bridgehead atoms. The lowest BCUT2D eigenvalue weighted by molar-refractivity contribution is -0.122. The van der Waals surface area contributed by atoms with Crippen molar-refractivity contribution in [3.8, 4) is 0 Å². The summed E-state index contributed by atoms with van der Waals surface area (Å²) < 4.78 is 0. The monoisotopic (exact) mass is 308 g/mol. The molecule has 1 heterocycles. The molecule has 1 fully saturated rings. The van der Waals surface area contributed by atoms with Crippen molar-refractivity contribution in [1.82, 2.24) is 5.32 Å². The van der Waals surface area contributed by atoms with Gasteiger partial charge in [0, 0.05) is 5.69 Å². The lowest BCUT2D eigenvalue weighted by Gasteiger charge is -2.28. The first-order chi connectivity index (χ1) is 9.75. The molecule has 116 valence electrons. The number of aryl methyl sites for hydroxylation is 1. The number of carbonyl (C=O) groups is 1. The van der Waals surface area contributed by atoms with Gasteiger partial charge < -0.3 is 10.6 Å². The van der Waals surface area contributed by atoms with Crippen molar-refractivity contribution < 1.29 is 4.79 Å². The fourth-order valence-corrected chi connectivity index (χ4v) is 3.60. The molecule has 1 aliphatic heterocycles. The second-order valence-electron chi connectivity index (χ2n) is 6.07. The van der Waals surface area contributed by atoms with Crippen LogP contribution in [0.3, 0.4) is 0 Å². The lowest BCUT2D eigenvalue weighted by atomic mass is 9.89. The maximum atomic E-state index is 12.7. The van der Waals surface area contributed by atoms with E-state index in [1.54, 1.807) is 0 Å². The largest absolute Gasteiger partial charge is 0.324 e. The third kappa shape index (κ3) is 3.09. The van der Waals surface area contributed by atoms with Crippen LogP contribution in [0.5, 0.6) is 0 Å². The standard InChI is InChI=1S/C17H24N2O.ClH/c1-2-17(11-6-12-18-17)16(20)19-15-10-5-8-13-7-3-4-9-14(13)15;/h5,8,10,18H,2-4,6-7,9,11-12H2,1H3,(H,19,20);1H. The van der Waals surface area contributed by atoms with E-state index in [9.17, 15) is 4.79 Å². The topological polar surface area (TPSA) is 41.1 Å². The van der Waals surface area contributed by atoms with Crippen LogP contribution in [0.1, 0.15) is 50.2 Å². The van der Waals surface area contributed by atoms with E-state index in [1.807, 2.05) is 0 Å². The zero-order valence-corrected chi connectivity index (χ0v) is 13.5. The highest BCUT2D eigenvalue weighted by Crippen LogP contribution is 2.30. The molecule has 0 spiro atoms. The number of hydrogen-bond donors (Lipinski definition) is 2. The molecule has 2 aliphatic rings. The molecule has 0 saturated carbocycles. The van der Waals surface area contributed by atoms with E-state index in [1.165, 1.54) is 24.0 Å². The molecule has 1 unspecified atom stereocenters. The maximum absolute atomic E-state index is 12.7. The molecule has 1 aromatic carbocycles. The number of fused-ring (bicyclic) bond motifs is 1. The Morgan fingerprint density at radius 3 is 2.81 bits per heavy atom. The Hall–Kier alpha value is -1.06. The molecule has 3 rings (SSSR count). The first kappa shape index (κ1) is 16.3. The summed E-state index contributed by atoms with van der Waals surface area (Å²) in [4.78, 5) is 12.7. The van der Waals surface area contributed by atoms with Crippen LogP contribution in [0.4, 0.5) is 5.69 Å². The molecule has 3 nitrogen and oxygen atoms in total. The molecular formula is C17H25ClN2O. The Kier molecular flexibility index (Phi) is 5.28. The fourth-order valence-electron chi connectivity index (χ4n) is 3.60. The van der Waals surface area contributed by atoms with Crippen LogP contribution in [-0.2, 0) is 17.6 Å². The fraction of sp³-hybridized carbons (Fsp3) is 0.588. The van der Waals surface area contributed by atoms with Gasteiger partial charge in [-0.25, -0.2) is 0 Å². The summed E-state index contributed by atoms with van der Waals surface area (Å²) in [7, 11) is 0. The molecule has 0 radical (unpaired) electrons. The zero-order valence-electron chi connectivity index (χ0n) is 12.7. The predicted octanol–water partition coefficient (Wildman–Crippen LogP) is 3.46. The molecule has 1 saturated heterocycles. The summed E-state index contributed by atoms with van der Waals surface area (Å²) in [5.41, 5.74) is 3.46. The van der Waals surface area contributed by atoms with Crippen LogP contribution in [0, 0.1) is 0 Å². The number of benzene rings is 1. The van der Waals surface area contributed by atoms with Gasteiger partial charge >= 0.3 is 0 Å². The van der Waals surface area contributed by atoms with E-state index in [4.69, 9.17) is 0 Å². The Morgan fingerprint density at radius 2 is 2.10 bits per heavy atom. The van der Waals surface area contributed by atoms with Gasteiger partial charge in [-0.15, -0.1) is 12.4 Å². The van der Waals surface area contributed by atoms with E-state index < -0.39 is 0 Å². The van der Waals surface area contributed by atoms with Crippen molar-refractivity contribution in [2.75, 3.05) is 11.9 Å². The highest BCUT2D eigenvalue weighted by molar-refractivity contribution is 5.99. The van der Waals surface area contributed by atoms with E-state index in [-0.39, 0.29) is 23.9 Å². The number of hydrogen-bond acceptors (Lipinski definition) is 2. The Labute approximate surface area is 133 Å². The van der Waals surface area contributed by atoms with Crippen molar-refractivity contribution in [2.45, 2.75) is 57.4 Å². The van der Waals surface area contributed by atoms with Crippen molar-refractivity contribution in [3.05, 3.63) is 29.3 Å². The third-order valence-corrected chi connectivity index (χ3v) is 4.93. The Morgan fingerprint density at radius 1 is 1.29 bits per heavy atom. The van der Waals surface area contributed by atoms with Gasteiger partial charge in [0.2, 0.25) is 5.91 Å². The minimum atomic E-state index is -0.350. The minimum Gasteiger partial charge on any atom is -0.324 e. The number of anilines is 1. The highest BCUT2D eigenvalue weighted by Gasteiger charge is 2.39. The molecule has 4 heteroatoms. The number of amides is 1. The van der Waals surface area contributed by atoms with Crippen molar-refractivity contribution in [2.24, 2.45) is 0 Å². The number of carbonyl (C=O) groups excluding carboxylic acids is 1. The molecule has 1 aliphatic carbocycles. The third-order valence-electron chi connectivity index (χ3n) is 4.93. The quantitative estimate of drug-likeness (QED) is 0.898. The summed E-state index contributed by atoms with van der Waals surface area (Å²) in [6.07, 6.45) is 7.64. The molecular weight excluding hydrogens is 284 g/mol. The van der Waals surface area contributed by atoms with E-state index in [2.05, 4.69) is 35.8 Å². The predicted molar refractivity (Wildman–Crippen MR) is 89.2 cm³/mol. The highest BCUT2D eigenvalue weighted by atomic mass is 35.5. The molecule has 1 atom stereocenters.